The lowest BCUT2D eigenvalue weighted by molar-refractivity contribution is -0.161. The van der Waals surface area contributed by atoms with Crippen LogP contribution in [-0.2, 0) is 19.2 Å². The van der Waals surface area contributed by atoms with Crippen LogP contribution in [0.5, 0.6) is 0 Å². The molecule has 4 fully saturated rings. The molecule has 4 aliphatic rings. The van der Waals surface area contributed by atoms with Crippen molar-refractivity contribution in [1.82, 2.24) is 19.6 Å². The lowest BCUT2D eigenvalue weighted by Gasteiger charge is -2.42. The van der Waals surface area contributed by atoms with E-state index in [4.69, 9.17) is 0 Å². The second-order valence-electron chi connectivity index (χ2n) is 8.90. The molecule has 4 amide bonds. The highest BCUT2D eigenvalue weighted by atomic mass is 16.3. The van der Waals surface area contributed by atoms with E-state index in [0.29, 0.717) is 58.3 Å². The number of nitrogens with zero attached hydrogens (tertiary/aromatic N) is 4. The summed E-state index contributed by atoms with van der Waals surface area (Å²) >= 11 is 0. The third-order valence-electron chi connectivity index (χ3n) is 7.17. The van der Waals surface area contributed by atoms with Gasteiger partial charge in [0.2, 0.25) is 23.6 Å². The molecular weight excluding hydrogens is 404 g/mol. The van der Waals surface area contributed by atoms with Gasteiger partial charge in [0.05, 0.1) is 13.2 Å². The van der Waals surface area contributed by atoms with E-state index in [1.54, 1.807) is 9.80 Å². The molecule has 0 radical (unpaired) electrons. The highest BCUT2D eigenvalue weighted by molar-refractivity contribution is 5.98. The van der Waals surface area contributed by atoms with Gasteiger partial charge in [-0.05, 0) is 44.9 Å². The van der Waals surface area contributed by atoms with Crippen LogP contribution in [0.3, 0.4) is 0 Å². The average Bonchev–Trinajstić information content (AvgIpc) is 3.45. The van der Waals surface area contributed by atoms with E-state index in [-0.39, 0.29) is 36.8 Å². The van der Waals surface area contributed by atoms with Crippen LogP contribution in [0.2, 0.25) is 0 Å². The van der Waals surface area contributed by atoms with Crippen molar-refractivity contribution in [2.24, 2.45) is 0 Å². The number of unbranched alkanes of at least 4 members (excludes halogenated alkanes) is 2. The molecule has 0 unspecified atom stereocenters. The molecule has 172 valence electrons. The van der Waals surface area contributed by atoms with Gasteiger partial charge in [-0.1, -0.05) is 0 Å². The van der Waals surface area contributed by atoms with Crippen molar-refractivity contribution in [3.8, 4) is 0 Å². The summed E-state index contributed by atoms with van der Waals surface area (Å²) in [7, 11) is 0. The summed E-state index contributed by atoms with van der Waals surface area (Å²) in [6, 6.07) is -2.41. The predicted molar refractivity (Wildman–Crippen MR) is 108 cm³/mol. The Labute approximate surface area is 181 Å². The maximum atomic E-state index is 12.8. The number of aliphatic hydroxyl groups is 2. The smallest absolute Gasteiger partial charge is 0.248 e. The molecule has 4 atom stereocenters. The summed E-state index contributed by atoms with van der Waals surface area (Å²) in [6.07, 6.45) is 4.93. The number of hydrogen-bond donors (Lipinski definition) is 2. The van der Waals surface area contributed by atoms with Crippen LogP contribution in [0, 0.1) is 0 Å². The van der Waals surface area contributed by atoms with Gasteiger partial charge in [0.1, 0.15) is 24.2 Å². The minimum atomic E-state index is -0.810. The van der Waals surface area contributed by atoms with E-state index in [0.717, 1.165) is 12.8 Å². The standard InChI is InChI=1S/C21H32N4O6/c26-12-16-20(30)22-10-4-6-14(22)18(28)24(16)8-2-1-3-9-25-17(13-27)21(31)23-11-5-7-15(23)19(25)29/h14-17,26-27H,1-13H2/t14-,15-,16-,17-/m0/s1. The van der Waals surface area contributed by atoms with Gasteiger partial charge in [-0.15, -0.1) is 0 Å². The van der Waals surface area contributed by atoms with Crippen LogP contribution in [0.4, 0.5) is 0 Å². The minimum Gasteiger partial charge on any atom is -0.394 e. The van der Waals surface area contributed by atoms with E-state index in [1.807, 2.05) is 0 Å². The van der Waals surface area contributed by atoms with Crippen molar-refractivity contribution in [2.45, 2.75) is 69.1 Å². The molecular formula is C21H32N4O6. The maximum absolute atomic E-state index is 12.8. The molecule has 4 heterocycles. The Morgan fingerprint density at radius 2 is 1.06 bits per heavy atom. The SMILES string of the molecule is O=C1[C@@H]2CCCN2C(=O)[C@H](CO)N1CCCCCN1C(=O)[C@@H]2CCCN2C(=O)[C@@H]1CO. The highest BCUT2D eigenvalue weighted by Gasteiger charge is 2.48. The van der Waals surface area contributed by atoms with Crippen LogP contribution in [0.15, 0.2) is 0 Å². The van der Waals surface area contributed by atoms with E-state index < -0.39 is 24.2 Å². The number of amides is 4. The van der Waals surface area contributed by atoms with Gasteiger partial charge in [-0.2, -0.15) is 0 Å². The van der Waals surface area contributed by atoms with Gasteiger partial charge in [0.15, 0.2) is 0 Å². The van der Waals surface area contributed by atoms with Crippen LogP contribution in [-0.4, -0.2) is 117 Å². The average molecular weight is 437 g/mol. The lowest BCUT2D eigenvalue weighted by atomic mass is 10.0. The summed E-state index contributed by atoms with van der Waals surface area (Å²) in [6.45, 7) is 1.15. The molecule has 4 saturated heterocycles. The molecule has 0 aromatic rings. The number of rotatable bonds is 8. The Bertz CT molecular complexity index is 685. The van der Waals surface area contributed by atoms with Gasteiger partial charge in [0, 0.05) is 26.2 Å². The highest BCUT2D eigenvalue weighted by Crippen LogP contribution is 2.28. The zero-order valence-electron chi connectivity index (χ0n) is 17.8. The topological polar surface area (TPSA) is 122 Å². The summed E-state index contributed by atoms with van der Waals surface area (Å²) < 4.78 is 0. The van der Waals surface area contributed by atoms with Crippen LogP contribution in [0.1, 0.15) is 44.9 Å². The van der Waals surface area contributed by atoms with E-state index in [2.05, 4.69) is 0 Å². The Kier molecular flexibility index (Phi) is 6.47. The van der Waals surface area contributed by atoms with E-state index >= 15 is 0 Å². The molecule has 4 aliphatic heterocycles. The summed E-state index contributed by atoms with van der Waals surface area (Å²) in [5.74, 6) is -0.521. The van der Waals surface area contributed by atoms with Crippen LogP contribution in [0.25, 0.3) is 0 Å². The fourth-order valence-corrected chi connectivity index (χ4v) is 5.54. The number of carbonyl (C=O) groups excluding carboxylic acids is 4. The second-order valence-corrected chi connectivity index (χ2v) is 8.90. The normalized spacial score (nSPS) is 31.0. The van der Waals surface area contributed by atoms with Crippen LogP contribution < -0.4 is 0 Å². The van der Waals surface area contributed by atoms with Gasteiger partial charge < -0.3 is 29.8 Å². The summed E-state index contributed by atoms with van der Waals surface area (Å²) in [5.41, 5.74) is 0. The van der Waals surface area contributed by atoms with Gasteiger partial charge in [-0.3, -0.25) is 19.2 Å². The molecule has 0 aromatic carbocycles. The first-order valence-electron chi connectivity index (χ1n) is 11.4. The van der Waals surface area contributed by atoms with Crippen molar-refractivity contribution < 1.29 is 29.4 Å². The molecule has 0 spiro atoms. The molecule has 0 bridgehead atoms. The number of fused-ring (bicyclic) bond motifs is 2. The molecule has 2 N–H and O–H groups in total. The van der Waals surface area contributed by atoms with Gasteiger partial charge in [-0.25, -0.2) is 0 Å². The third kappa shape index (κ3) is 3.80. The van der Waals surface area contributed by atoms with Crippen molar-refractivity contribution in [2.75, 3.05) is 39.4 Å². The zero-order chi connectivity index (χ0) is 22.1. The first kappa shape index (κ1) is 22.0. The fraction of sp³-hybridized carbons (Fsp3) is 0.810. The number of piperazine rings is 2. The Hall–Kier alpha value is -2.20. The Morgan fingerprint density at radius 1 is 0.645 bits per heavy atom. The molecule has 10 heteroatoms. The molecule has 0 aromatic heterocycles. The van der Waals surface area contributed by atoms with Crippen molar-refractivity contribution in [1.29, 1.82) is 0 Å². The summed E-state index contributed by atoms with van der Waals surface area (Å²) in [5, 5.41) is 19.4. The zero-order valence-corrected chi connectivity index (χ0v) is 17.8. The summed E-state index contributed by atoms with van der Waals surface area (Å²) in [4.78, 5) is 57.0. The molecule has 4 rings (SSSR count). The van der Waals surface area contributed by atoms with Crippen molar-refractivity contribution in [3.05, 3.63) is 0 Å². The van der Waals surface area contributed by atoms with E-state index in [1.165, 1.54) is 9.80 Å². The largest absolute Gasteiger partial charge is 0.394 e. The van der Waals surface area contributed by atoms with E-state index in [9.17, 15) is 29.4 Å². The lowest BCUT2D eigenvalue weighted by Crippen LogP contribution is -2.64. The van der Waals surface area contributed by atoms with Crippen molar-refractivity contribution in [3.63, 3.8) is 0 Å². The Morgan fingerprint density at radius 3 is 1.45 bits per heavy atom. The fourth-order valence-electron chi connectivity index (χ4n) is 5.54. The molecule has 10 nitrogen and oxygen atoms in total. The third-order valence-corrected chi connectivity index (χ3v) is 7.17. The van der Waals surface area contributed by atoms with Gasteiger partial charge in [0.25, 0.3) is 0 Å². The first-order chi connectivity index (χ1) is 15.0. The maximum Gasteiger partial charge on any atom is 0.248 e. The van der Waals surface area contributed by atoms with Gasteiger partial charge >= 0.3 is 0 Å². The van der Waals surface area contributed by atoms with Crippen LogP contribution >= 0.6 is 0 Å². The molecule has 0 saturated carbocycles. The minimum absolute atomic E-state index is 0.0883. The number of hydrogen-bond acceptors (Lipinski definition) is 6. The number of carbonyl (C=O) groups is 4. The second kappa shape index (κ2) is 9.12. The Balaban J connectivity index is 1.29. The van der Waals surface area contributed by atoms with Crippen molar-refractivity contribution >= 4 is 23.6 Å². The molecule has 31 heavy (non-hydrogen) atoms. The molecule has 0 aliphatic carbocycles. The predicted octanol–water partition coefficient (Wildman–Crippen LogP) is -1.46. The quantitative estimate of drug-likeness (QED) is 0.449. The number of aliphatic hydroxyl groups excluding tert-OH is 2. The first-order valence-corrected chi connectivity index (χ1v) is 11.4. The monoisotopic (exact) mass is 436 g/mol.